The van der Waals surface area contributed by atoms with Gasteiger partial charge in [-0.1, -0.05) is 17.7 Å². The molecule has 0 aliphatic carbocycles. The maximum atomic E-state index is 9.33. The number of aliphatic imine (C=N–C) groups is 1. The highest BCUT2D eigenvalue weighted by atomic mass is 35.5. The average molecular weight is 384 g/mol. The van der Waals surface area contributed by atoms with Crippen molar-refractivity contribution in [2.75, 3.05) is 46.6 Å². The van der Waals surface area contributed by atoms with Crippen molar-refractivity contribution in [2.45, 2.75) is 26.2 Å². The van der Waals surface area contributed by atoms with Gasteiger partial charge in [0.1, 0.15) is 5.75 Å². The van der Waals surface area contributed by atoms with Crippen LogP contribution in [0.1, 0.15) is 25.3 Å². The number of guanidine groups is 1. The van der Waals surface area contributed by atoms with E-state index in [9.17, 15) is 5.11 Å². The van der Waals surface area contributed by atoms with Crippen molar-refractivity contribution >= 4 is 17.6 Å². The molecule has 1 aromatic carbocycles. The van der Waals surface area contributed by atoms with Crippen LogP contribution in [0.4, 0.5) is 0 Å². The van der Waals surface area contributed by atoms with Crippen LogP contribution in [0.25, 0.3) is 0 Å². The standard InChI is InChI=1S/C19H30ClN3O3/c1-3-21-18(23-13-19(7-10-24)8-11-26-14-19)22-9-6-15-4-5-16(25-2)12-17(15)20/h4-5,12,24H,3,6-11,13-14H2,1-2H3,(H2,21,22,23). The van der Waals surface area contributed by atoms with E-state index in [-0.39, 0.29) is 12.0 Å². The van der Waals surface area contributed by atoms with Crippen molar-refractivity contribution in [3.63, 3.8) is 0 Å². The first-order valence-corrected chi connectivity index (χ1v) is 9.53. The van der Waals surface area contributed by atoms with E-state index in [2.05, 4.69) is 10.6 Å². The lowest BCUT2D eigenvalue weighted by atomic mass is 9.84. The SMILES string of the molecule is CCNC(=NCC1(CCO)CCOC1)NCCc1ccc(OC)cc1Cl. The van der Waals surface area contributed by atoms with E-state index in [1.54, 1.807) is 7.11 Å². The van der Waals surface area contributed by atoms with Crippen molar-refractivity contribution in [2.24, 2.45) is 10.4 Å². The van der Waals surface area contributed by atoms with Gasteiger partial charge < -0.3 is 25.2 Å². The third-order valence-corrected chi connectivity index (χ3v) is 5.04. The number of benzene rings is 1. The molecule has 7 heteroatoms. The topological polar surface area (TPSA) is 75.1 Å². The van der Waals surface area contributed by atoms with Crippen LogP contribution >= 0.6 is 11.6 Å². The Balaban J connectivity index is 1.91. The smallest absolute Gasteiger partial charge is 0.191 e. The summed E-state index contributed by atoms with van der Waals surface area (Å²) < 4.78 is 10.7. The molecule has 1 aliphatic rings. The van der Waals surface area contributed by atoms with E-state index in [4.69, 9.17) is 26.1 Å². The Morgan fingerprint density at radius 3 is 2.88 bits per heavy atom. The summed E-state index contributed by atoms with van der Waals surface area (Å²) in [6.07, 6.45) is 2.45. The summed E-state index contributed by atoms with van der Waals surface area (Å²) in [6, 6.07) is 5.73. The first kappa shape index (κ1) is 20.8. The van der Waals surface area contributed by atoms with Crippen LogP contribution in [-0.2, 0) is 11.2 Å². The Morgan fingerprint density at radius 1 is 1.42 bits per heavy atom. The molecular formula is C19H30ClN3O3. The summed E-state index contributed by atoms with van der Waals surface area (Å²) in [5.74, 6) is 1.54. The molecule has 1 saturated heterocycles. The Morgan fingerprint density at radius 2 is 2.27 bits per heavy atom. The molecule has 0 saturated carbocycles. The lowest BCUT2D eigenvalue weighted by Crippen LogP contribution is -2.39. The fourth-order valence-corrected chi connectivity index (χ4v) is 3.31. The molecule has 0 spiro atoms. The third kappa shape index (κ3) is 6.04. The largest absolute Gasteiger partial charge is 0.497 e. The van der Waals surface area contributed by atoms with Gasteiger partial charge in [0.15, 0.2) is 5.96 Å². The Kier molecular flexibility index (Phi) is 8.48. The van der Waals surface area contributed by atoms with E-state index < -0.39 is 0 Å². The first-order valence-electron chi connectivity index (χ1n) is 9.15. The number of hydrogen-bond acceptors (Lipinski definition) is 4. The van der Waals surface area contributed by atoms with Gasteiger partial charge in [0.25, 0.3) is 0 Å². The molecule has 0 bridgehead atoms. The number of ether oxygens (including phenoxy) is 2. The number of nitrogens with zero attached hydrogens (tertiary/aromatic N) is 1. The van der Waals surface area contributed by atoms with Crippen molar-refractivity contribution in [1.29, 1.82) is 0 Å². The summed E-state index contributed by atoms with van der Waals surface area (Å²) in [6.45, 7) is 5.78. The van der Waals surface area contributed by atoms with Crippen LogP contribution in [0.3, 0.4) is 0 Å². The fraction of sp³-hybridized carbons (Fsp3) is 0.632. The van der Waals surface area contributed by atoms with Gasteiger partial charge in [0, 0.05) is 36.7 Å². The number of aliphatic hydroxyl groups is 1. The van der Waals surface area contributed by atoms with Crippen LogP contribution in [0.5, 0.6) is 5.75 Å². The first-order chi connectivity index (χ1) is 12.6. The Hall–Kier alpha value is -1.50. The molecular weight excluding hydrogens is 354 g/mol. The predicted octanol–water partition coefficient (Wildman–Crippen LogP) is 2.24. The van der Waals surface area contributed by atoms with Gasteiger partial charge in [-0.2, -0.15) is 0 Å². The number of aliphatic hydroxyl groups excluding tert-OH is 1. The summed E-state index contributed by atoms with van der Waals surface area (Å²) in [4.78, 5) is 4.72. The molecule has 6 nitrogen and oxygen atoms in total. The highest BCUT2D eigenvalue weighted by Crippen LogP contribution is 2.32. The zero-order valence-electron chi connectivity index (χ0n) is 15.7. The molecule has 1 heterocycles. The quantitative estimate of drug-likeness (QED) is 0.450. The fourth-order valence-electron chi connectivity index (χ4n) is 3.05. The van der Waals surface area contributed by atoms with Gasteiger partial charge in [0.2, 0.25) is 0 Å². The molecule has 0 aromatic heterocycles. The van der Waals surface area contributed by atoms with E-state index >= 15 is 0 Å². The average Bonchev–Trinajstić information content (AvgIpc) is 3.10. The van der Waals surface area contributed by atoms with Crippen molar-refractivity contribution in [1.82, 2.24) is 10.6 Å². The third-order valence-electron chi connectivity index (χ3n) is 4.69. The molecule has 1 fully saturated rings. The van der Waals surface area contributed by atoms with Crippen LogP contribution in [-0.4, -0.2) is 57.6 Å². The lowest BCUT2D eigenvalue weighted by molar-refractivity contribution is 0.131. The van der Waals surface area contributed by atoms with Gasteiger partial charge >= 0.3 is 0 Å². The highest BCUT2D eigenvalue weighted by molar-refractivity contribution is 6.31. The second-order valence-corrected chi connectivity index (χ2v) is 7.01. The van der Waals surface area contributed by atoms with Gasteiger partial charge in [-0.05, 0) is 43.9 Å². The molecule has 146 valence electrons. The summed E-state index contributed by atoms with van der Waals surface area (Å²) >= 11 is 6.29. The highest BCUT2D eigenvalue weighted by Gasteiger charge is 2.34. The molecule has 2 rings (SSSR count). The summed E-state index contributed by atoms with van der Waals surface area (Å²) in [5.41, 5.74) is 1.02. The zero-order valence-corrected chi connectivity index (χ0v) is 16.4. The molecule has 1 atom stereocenters. The number of halogens is 1. The van der Waals surface area contributed by atoms with E-state index in [1.807, 2.05) is 25.1 Å². The van der Waals surface area contributed by atoms with Crippen molar-refractivity contribution in [3.8, 4) is 5.75 Å². The Labute approximate surface area is 160 Å². The number of nitrogens with one attached hydrogen (secondary N) is 2. The molecule has 1 aromatic rings. The minimum atomic E-state index is -0.0452. The predicted molar refractivity (Wildman–Crippen MR) is 105 cm³/mol. The second kappa shape index (κ2) is 10.6. The Bertz CT molecular complexity index is 589. The van der Waals surface area contributed by atoms with E-state index in [0.29, 0.717) is 18.2 Å². The number of methoxy groups -OCH3 is 1. The monoisotopic (exact) mass is 383 g/mol. The van der Waals surface area contributed by atoms with Gasteiger partial charge in [-0.3, -0.25) is 4.99 Å². The maximum absolute atomic E-state index is 9.33. The zero-order chi connectivity index (χ0) is 18.8. The number of rotatable bonds is 9. The van der Waals surface area contributed by atoms with Crippen LogP contribution in [0.15, 0.2) is 23.2 Å². The minimum Gasteiger partial charge on any atom is -0.497 e. The molecule has 0 radical (unpaired) electrons. The van der Waals surface area contributed by atoms with Crippen molar-refractivity contribution < 1.29 is 14.6 Å². The number of hydrogen-bond donors (Lipinski definition) is 3. The van der Waals surface area contributed by atoms with Crippen LogP contribution < -0.4 is 15.4 Å². The molecule has 0 amide bonds. The molecule has 3 N–H and O–H groups in total. The minimum absolute atomic E-state index is 0.0452. The van der Waals surface area contributed by atoms with E-state index in [0.717, 1.165) is 56.2 Å². The lowest BCUT2D eigenvalue weighted by Gasteiger charge is -2.24. The molecule has 1 aliphatic heterocycles. The maximum Gasteiger partial charge on any atom is 0.191 e. The summed E-state index contributed by atoms with van der Waals surface area (Å²) in [7, 11) is 1.63. The van der Waals surface area contributed by atoms with Gasteiger partial charge in [0.05, 0.1) is 20.3 Å². The summed E-state index contributed by atoms with van der Waals surface area (Å²) in [5, 5.41) is 16.7. The van der Waals surface area contributed by atoms with Gasteiger partial charge in [-0.25, -0.2) is 0 Å². The van der Waals surface area contributed by atoms with Crippen LogP contribution in [0.2, 0.25) is 5.02 Å². The molecule has 26 heavy (non-hydrogen) atoms. The van der Waals surface area contributed by atoms with Gasteiger partial charge in [-0.15, -0.1) is 0 Å². The van der Waals surface area contributed by atoms with Crippen LogP contribution in [0, 0.1) is 5.41 Å². The normalized spacial score (nSPS) is 20.2. The molecule has 1 unspecified atom stereocenters. The van der Waals surface area contributed by atoms with E-state index in [1.165, 1.54) is 0 Å². The van der Waals surface area contributed by atoms with Crippen molar-refractivity contribution in [3.05, 3.63) is 28.8 Å². The second-order valence-electron chi connectivity index (χ2n) is 6.61.